The molecule has 0 radical (unpaired) electrons. The molecular weight excluding hydrogens is 330 g/mol. The van der Waals surface area contributed by atoms with Crippen molar-refractivity contribution < 1.29 is 14.0 Å². The summed E-state index contributed by atoms with van der Waals surface area (Å²) in [4.78, 5) is 29.1. The zero-order chi connectivity index (χ0) is 18.1. The Morgan fingerprint density at radius 3 is 2.38 bits per heavy atom. The van der Waals surface area contributed by atoms with Crippen LogP contribution in [0, 0.1) is 6.92 Å². The Labute approximate surface area is 148 Å². The van der Waals surface area contributed by atoms with Crippen LogP contribution in [0.15, 0.2) is 65.2 Å². The van der Waals surface area contributed by atoms with Crippen molar-refractivity contribution in [1.29, 1.82) is 0 Å². The Hall–Kier alpha value is -3.67. The van der Waals surface area contributed by atoms with Crippen LogP contribution in [0.3, 0.4) is 0 Å². The lowest BCUT2D eigenvalue weighted by Crippen LogP contribution is -2.41. The highest BCUT2D eigenvalue weighted by Crippen LogP contribution is 2.24. The Bertz CT molecular complexity index is 1140. The van der Waals surface area contributed by atoms with Crippen molar-refractivity contribution in [3.63, 3.8) is 0 Å². The normalized spacial score (nSPS) is 10.8. The number of nitrogens with zero attached hydrogens (tertiary/aromatic N) is 1. The fourth-order valence-corrected chi connectivity index (χ4v) is 2.92. The number of hydrogen-bond acceptors (Lipinski definition) is 4. The molecule has 4 rings (SSSR count). The van der Waals surface area contributed by atoms with E-state index in [0.29, 0.717) is 22.0 Å². The van der Waals surface area contributed by atoms with Gasteiger partial charge in [0, 0.05) is 22.5 Å². The average Bonchev–Trinajstić information content (AvgIpc) is 3.02. The number of benzene rings is 2. The minimum atomic E-state index is -0.509. The second-order valence-electron chi connectivity index (χ2n) is 5.84. The molecule has 26 heavy (non-hydrogen) atoms. The monoisotopic (exact) mass is 345 g/mol. The van der Waals surface area contributed by atoms with Gasteiger partial charge < -0.3 is 4.42 Å². The van der Waals surface area contributed by atoms with Gasteiger partial charge in [-0.25, -0.2) is 0 Å². The van der Waals surface area contributed by atoms with E-state index in [1.165, 1.54) is 0 Å². The van der Waals surface area contributed by atoms with Crippen LogP contribution in [0.2, 0.25) is 0 Å². The number of furan rings is 1. The predicted octanol–water partition coefficient (Wildman–Crippen LogP) is 3.36. The first-order valence-electron chi connectivity index (χ1n) is 8.08. The van der Waals surface area contributed by atoms with Gasteiger partial charge in [-0.05, 0) is 25.1 Å². The molecule has 6 heteroatoms. The molecule has 2 aromatic carbocycles. The quantitative estimate of drug-likeness (QED) is 0.546. The van der Waals surface area contributed by atoms with Gasteiger partial charge in [-0.3, -0.25) is 25.4 Å². The van der Waals surface area contributed by atoms with Gasteiger partial charge in [0.25, 0.3) is 5.91 Å². The number of aromatic nitrogens is 1. The van der Waals surface area contributed by atoms with Gasteiger partial charge in [0.1, 0.15) is 5.58 Å². The van der Waals surface area contributed by atoms with E-state index < -0.39 is 11.8 Å². The van der Waals surface area contributed by atoms with Gasteiger partial charge in [0.2, 0.25) is 0 Å². The summed E-state index contributed by atoms with van der Waals surface area (Å²) in [6, 6.07) is 16.3. The summed E-state index contributed by atoms with van der Waals surface area (Å²) in [5.74, 6) is -0.762. The summed E-state index contributed by atoms with van der Waals surface area (Å²) in [5.41, 5.74) is 7.33. The van der Waals surface area contributed by atoms with Crippen LogP contribution >= 0.6 is 0 Å². The van der Waals surface area contributed by atoms with Crippen molar-refractivity contribution in [2.45, 2.75) is 6.92 Å². The highest BCUT2D eigenvalue weighted by Gasteiger charge is 2.18. The lowest BCUT2D eigenvalue weighted by Gasteiger charge is -2.08. The maximum absolute atomic E-state index is 12.5. The van der Waals surface area contributed by atoms with Crippen LogP contribution in [0.5, 0.6) is 0 Å². The van der Waals surface area contributed by atoms with E-state index in [0.717, 1.165) is 10.9 Å². The molecule has 0 aliphatic heterocycles. The maximum atomic E-state index is 12.5. The molecule has 2 aromatic heterocycles. The molecule has 0 unspecified atom stereocenters. The molecule has 0 spiro atoms. The Balaban J connectivity index is 1.55. The van der Waals surface area contributed by atoms with E-state index in [2.05, 4.69) is 15.8 Å². The molecule has 4 aromatic rings. The van der Waals surface area contributed by atoms with Crippen molar-refractivity contribution in [2.75, 3.05) is 0 Å². The number of pyridine rings is 1. The number of rotatable bonds is 2. The third-order valence-corrected chi connectivity index (χ3v) is 4.23. The largest absolute Gasteiger partial charge is 0.451 e. The number of carbonyl (C=O) groups excluding carboxylic acids is 2. The highest BCUT2D eigenvalue weighted by atomic mass is 16.3. The smallest absolute Gasteiger partial charge is 0.305 e. The van der Waals surface area contributed by atoms with E-state index >= 15 is 0 Å². The molecule has 0 aliphatic carbocycles. The van der Waals surface area contributed by atoms with Gasteiger partial charge >= 0.3 is 5.91 Å². The van der Waals surface area contributed by atoms with Crippen LogP contribution in [-0.4, -0.2) is 16.8 Å². The van der Waals surface area contributed by atoms with E-state index in [1.807, 2.05) is 42.5 Å². The lowest BCUT2D eigenvalue weighted by molar-refractivity contribution is 0.0832. The first-order chi connectivity index (χ1) is 12.6. The topological polar surface area (TPSA) is 84.2 Å². The molecule has 0 saturated carbocycles. The summed E-state index contributed by atoms with van der Waals surface area (Å²) < 4.78 is 5.60. The molecule has 128 valence electrons. The zero-order valence-electron chi connectivity index (χ0n) is 13.9. The van der Waals surface area contributed by atoms with Crippen LogP contribution in [0.4, 0.5) is 0 Å². The SMILES string of the molecule is Cc1c(C(=O)NNC(=O)c2ccnc3ccccc23)oc2ccccc12. The Morgan fingerprint density at radius 2 is 1.58 bits per heavy atom. The third-order valence-electron chi connectivity index (χ3n) is 4.23. The van der Waals surface area contributed by atoms with Crippen molar-refractivity contribution in [3.8, 4) is 0 Å². The van der Waals surface area contributed by atoms with Gasteiger partial charge in [0.15, 0.2) is 5.76 Å². The number of carbonyl (C=O) groups is 2. The van der Waals surface area contributed by atoms with Crippen LogP contribution in [0.1, 0.15) is 26.5 Å². The molecule has 6 nitrogen and oxygen atoms in total. The molecule has 0 aliphatic rings. The molecule has 0 saturated heterocycles. The molecule has 2 heterocycles. The first-order valence-corrected chi connectivity index (χ1v) is 8.08. The Morgan fingerprint density at radius 1 is 0.885 bits per heavy atom. The van der Waals surface area contributed by atoms with E-state index in [1.54, 1.807) is 25.3 Å². The van der Waals surface area contributed by atoms with E-state index in [-0.39, 0.29) is 5.76 Å². The number of amides is 2. The molecule has 0 fully saturated rings. The molecule has 2 N–H and O–H groups in total. The van der Waals surface area contributed by atoms with Gasteiger partial charge in [-0.15, -0.1) is 0 Å². The van der Waals surface area contributed by atoms with Gasteiger partial charge in [0.05, 0.1) is 11.1 Å². The number of fused-ring (bicyclic) bond motifs is 2. The minimum absolute atomic E-state index is 0.172. The lowest BCUT2D eigenvalue weighted by atomic mass is 10.1. The average molecular weight is 345 g/mol. The summed E-state index contributed by atoms with van der Waals surface area (Å²) in [7, 11) is 0. The first kappa shape index (κ1) is 15.8. The predicted molar refractivity (Wildman–Crippen MR) is 97.6 cm³/mol. The number of para-hydroxylation sites is 2. The third kappa shape index (κ3) is 2.67. The van der Waals surface area contributed by atoms with Crippen molar-refractivity contribution >= 4 is 33.7 Å². The summed E-state index contributed by atoms with van der Waals surface area (Å²) in [6.07, 6.45) is 1.56. The van der Waals surface area contributed by atoms with Gasteiger partial charge in [-0.2, -0.15) is 0 Å². The number of hydrogen-bond donors (Lipinski definition) is 2. The highest BCUT2D eigenvalue weighted by molar-refractivity contribution is 6.07. The number of hydrazine groups is 1. The Kier molecular flexibility index (Phi) is 3.85. The van der Waals surface area contributed by atoms with Crippen LogP contribution in [-0.2, 0) is 0 Å². The van der Waals surface area contributed by atoms with Crippen molar-refractivity contribution in [3.05, 3.63) is 77.7 Å². The van der Waals surface area contributed by atoms with Crippen LogP contribution in [0.25, 0.3) is 21.9 Å². The van der Waals surface area contributed by atoms with Crippen molar-refractivity contribution in [2.24, 2.45) is 0 Å². The molecule has 0 bridgehead atoms. The molecular formula is C20H15N3O3. The summed E-state index contributed by atoms with van der Waals surface area (Å²) >= 11 is 0. The number of nitrogens with one attached hydrogen (secondary N) is 2. The maximum Gasteiger partial charge on any atom is 0.305 e. The fourth-order valence-electron chi connectivity index (χ4n) is 2.92. The van der Waals surface area contributed by atoms with E-state index in [9.17, 15) is 9.59 Å². The fraction of sp³-hybridized carbons (Fsp3) is 0.0500. The number of aryl methyl sites for hydroxylation is 1. The van der Waals surface area contributed by atoms with Crippen molar-refractivity contribution in [1.82, 2.24) is 15.8 Å². The summed E-state index contributed by atoms with van der Waals surface area (Å²) in [6.45, 7) is 1.80. The van der Waals surface area contributed by atoms with Crippen LogP contribution < -0.4 is 10.9 Å². The molecule has 2 amide bonds. The second-order valence-corrected chi connectivity index (χ2v) is 5.84. The van der Waals surface area contributed by atoms with E-state index in [4.69, 9.17) is 4.42 Å². The summed E-state index contributed by atoms with van der Waals surface area (Å²) in [5, 5.41) is 1.57. The van der Waals surface area contributed by atoms with Gasteiger partial charge in [-0.1, -0.05) is 36.4 Å². The minimum Gasteiger partial charge on any atom is -0.451 e. The standard InChI is InChI=1S/C20H15N3O3/c1-12-13-6-3-5-9-17(13)26-18(12)20(25)23-22-19(24)15-10-11-21-16-8-4-2-7-14(15)16/h2-11H,1H3,(H,22,24)(H,23,25). The molecule has 0 atom stereocenters. The second kappa shape index (κ2) is 6.33. The zero-order valence-corrected chi connectivity index (χ0v) is 13.9.